The minimum atomic E-state index is 0.162. The highest BCUT2D eigenvalue weighted by atomic mass is 14.8. The minimum Gasteiger partial charge on any atom is -0.355 e. The number of H-pyrrole nitrogens is 4. The third-order valence-corrected chi connectivity index (χ3v) is 19.1. The topological polar surface area (TPSA) is 115 Å². The van der Waals surface area contributed by atoms with Crippen LogP contribution in [0, 0.1) is 23.7 Å². The number of fused-ring (bicyclic) bond motifs is 16. The number of nitrogens with zero attached hydrogens (tertiary/aromatic N) is 4. The molecule has 2 atom stereocenters. The molecular weight excluding hydrogens is 1020 g/mol. The van der Waals surface area contributed by atoms with Gasteiger partial charge in [-0.05, 0) is 241 Å². The zero-order chi connectivity index (χ0) is 59.7. The van der Waals surface area contributed by atoms with E-state index in [2.05, 4.69) is 191 Å². The van der Waals surface area contributed by atoms with Crippen molar-refractivity contribution in [3.05, 3.63) is 138 Å². The molecule has 0 aromatic carbocycles. The summed E-state index contributed by atoms with van der Waals surface area (Å²) < 4.78 is 0. The van der Waals surface area contributed by atoms with Gasteiger partial charge in [-0.15, -0.1) is 0 Å². The van der Waals surface area contributed by atoms with Crippen LogP contribution in [0.4, 0.5) is 0 Å². The molecule has 8 heteroatoms. The smallest absolute Gasteiger partial charge is 0.0851 e. The average molecular weight is 1120 g/mol. The van der Waals surface area contributed by atoms with E-state index in [0.717, 1.165) is 193 Å². The van der Waals surface area contributed by atoms with Crippen LogP contribution in [0.25, 0.3) is 77.6 Å². The van der Waals surface area contributed by atoms with Gasteiger partial charge >= 0.3 is 0 Å². The van der Waals surface area contributed by atoms with Crippen molar-refractivity contribution >= 4 is 77.6 Å². The molecular formula is C76H92N8. The molecule has 10 heterocycles. The van der Waals surface area contributed by atoms with Crippen molar-refractivity contribution in [2.45, 2.75) is 225 Å². The summed E-state index contributed by atoms with van der Waals surface area (Å²) >= 11 is 0. The van der Waals surface area contributed by atoms with E-state index < -0.39 is 0 Å². The number of aryl methyl sites for hydroxylation is 8. The normalized spacial score (nSPS) is 15.1. The van der Waals surface area contributed by atoms with Gasteiger partial charge in [-0.25, -0.2) is 15.0 Å². The second-order valence-corrected chi connectivity index (χ2v) is 23.1. The number of hydrogen-bond acceptors (Lipinski definition) is 4. The van der Waals surface area contributed by atoms with Gasteiger partial charge in [0.25, 0.3) is 0 Å². The maximum absolute atomic E-state index is 5.79. The van der Waals surface area contributed by atoms with Crippen molar-refractivity contribution in [3.63, 3.8) is 0 Å². The number of aromatic nitrogens is 8. The van der Waals surface area contributed by atoms with E-state index in [1.54, 1.807) is 0 Å². The summed E-state index contributed by atoms with van der Waals surface area (Å²) in [6, 6.07) is 14.0. The van der Waals surface area contributed by atoms with Crippen LogP contribution >= 0.6 is 0 Å². The van der Waals surface area contributed by atoms with E-state index in [4.69, 9.17) is 19.9 Å². The van der Waals surface area contributed by atoms with Gasteiger partial charge in [0, 0.05) is 56.1 Å². The summed E-state index contributed by atoms with van der Waals surface area (Å²) in [7, 11) is 0. The maximum Gasteiger partial charge on any atom is 0.0851 e. The van der Waals surface area contributed by atoms with E-state index in [1.807, 2.05) is 0 Å². The number of nitrogens with one attached hydrogen (secondary N) is 4. The molecule has 0 saturated carbocycles. The van der Waals surface area contributed by atoms with Crippen LogP contribution in [0.3, 0.4) is 0 Å². The minimum absolute atomic E-state index is 0.162. The van der Waals surface area contributed by atoms with Gasteiger partial charge < -0.3 is 19.9 Å². The van der Waals surface area contributed by atoms with Crippen LogP contribution in [0.5, 0.6) is 0 Å². The Labute approximate surface area is 501 Å². The van der Waals surface area contributed by atoms with Crippen LogP contribution in [0.1, 0.15) is 275 Å². The van der Waals surface area contributed by atoms with Gasteiger partial charge in [0.1, 0.15) is 0 Å². The Bertz CT molecular complexity index is 4060. The number of rotatable bonds is 16. The van der Waals surface area contributed by atoms with Crippen LogP contribution in [0.2, 0.25) is 0 Å². The first-order chi connectivity index (χ1) is 40.9. The Balaban J connectivity index is 1.35. The highest BCUT2D eigenvalue weighted by Gasteiger charge is 2.33. The molecule has 4 N–H and O–H groups in total. The fourth-order valence-corrected chi connectivity index (χ4v) is 15.2. The Morgan fingerprint density at radius 1 is 0.310 bits per heavy atom. The molecule has 0 aliphatic carbocycles. The lowest BCUT2D eigenvalue weighted by atomic mass is 9.84. The third kappa shape index (κ3) is 10.1. The van der Waals surface area contributed by atoms with Crippen LogP contribution in [0.15, 0.2) is 36.4 Å². The van der Waals surface area contributed by atoms with Crippen molar-refractivity contribution in [3.8, 4) is 23.7 Å². The van der Waals surface area contributed by atoms with Crippen molar-refractivity contribution in [2.24, 2.45) is 0 Å². The molecule has 8 nitrogen and oxygen atoms in total. The molecule has 0 amide bonds. The molecule has 10 rings (SSSR count). The van der Waals surface area contributed by atoms with Gasteiger partial charge in [0.05, 0.1) is 56.5 Å². The lowest BCUT2D eigenvalue weighted by molar-refractivity contribution is 0.532. The molecule has 436 valence electrons. The Kier molecular flexibility index (Phi) is 18.1. The van der Waals surface area contributed by atoms with Gasteiger partial charge in [-0.3, -0.25) is 4.98 Å². The molecule has 0 unspecified atom stereocenters. The average Bonchev–Trinajstić information content (AvgIpc) is 4.59. The van der Waals surface area contributed by atoms with E-state index in [-0.39, 0.29) is 11.8 Å². The lowest BCUT2D eigenvalue weighted by Crippen LogP contribution is -2.05. The molecule has 0 fully saturated rings. The summed E-state index contributed by atoms with van der Waals surface area (Å²) in [5, 5.41) is 0. The van der Waals surface area contributed by atoms with Gasteiger partial charge in [0.15, 0.2) is 0 Å². The predicted molar refractivity (Wildman–Crippen MR) is 359 cm³/mol. The second kappa shape index (κ2) is 25.4. The summed E-state index contributed by atoms with van der Waals surface area (Å²) in [6.07, 6.45) is 14.3. The lowest BCUT2D eigenvalue weighted by Gasteiger charge is -2.17. The van der Waals surface area contributed by atoms with Crippen LogP contribution in [-0.4, -0.2) is 39.9 Å². The van der Waals surface area contributed by atoms with Gasteiger partial charge in [0.2, 0.25) is 0 Å². The number of allylic oxidation sites excluding steroid dienone is 6. The standard InChI is InChI=1S/C76H92N8/c1-17-43-47(21-5)65-39-69-51(25-9)55(29-13)73(81-69)59(74-56(30-14)52(26-10)70(82-74)40-66-48(22-6)44(18-2)62(78-66)37-61(43)77-65)35-33-34-36-60-75-57(31-15)53(27-11)71(83-75)41-67-49(23-7)45(19-3)63(79-67)38-64-46(20-4)50(24-8)68(80-64)42-72-54(28-12)58(32-16)76(60)84-72/h37-42,51,55,77,79-80,82H,17-32H2,1-16H3/t51-,55-/m0/s1. The van der Waals surface area contributed by atoms with Crippen molar-refractivity contribution < 1.29 is 0 Å². The quantitative estimate of drug-likeness (QED) is 0.0723. The third-order valence-electron chi connectivity index (χ3n) is 19.1. The molecule has 16 bridgehead atoms. The molecule has 6 aromatic heterocycles. The van der Waals surface area contributed by atoms with Crippen LogP contribution in [-0.2, 0) is 51.4 Å². The molecule has 84 heavy (non-hydrogen) atoms. The highest BCUT2D eigenvalue weighted by molar-refractivity contribution is 5.99. The fourth-order valence-electron chi connectivity index (χ4n) is 15.2. The summed E-state index contributed by atoms with van der Waals surface area (Å²) in [4.78, 5) is 38.6. The molecule has 0 spiro atoms. The first-order valence-electron chi connectivity index (χ1n) is 32.7. The van der Waals surface area contributed by atoms with Gasteiger partial charge in [-0.2, -0.15) is 0 Å². The molecule has 0 saturated heterocycles. The Morgan fingerprint density at radius 3 is 1.00 bits per heavy atom. The van der Waals surface area contributed by atoms with E-state index in [1.165, 1.54) is 89.0 Å². The number of hydrogen-bond donors (Lipinski definition) is 4. The van der Waals surface area contributed by atoms with Crippen molar-refractivity contribution in [1.29, 1.82) is 0 Å². The van der Waals surface area contributed by atoms with Crippen molar-refractivity contribution in [1.82, 2.24) is 39.9 Å². The van der Waals surface area contributed by atoms with Gasteiger partial charge in [-0.1, -0.05) is 111 Å². The zero-order valence-electron chi connectivity index (χ0n) is 53.7. The summed E-state index contributed by atoms with van der Waals surface area (Å²) in [5.74, 6) is 15.2. The molecule has 6 aromatic rings. The Hall–Kier alpha value is -7.42. The second-order valence-electron chi connectivity index (χ2n) is 23.1. The van der Waals surface area contributed by atoms with Crippen LogP contribution < -0.4 is 0 Å². The zero-order valence-corrected chi connectivity index (χ0v) is 53.7. The first-order valence-corrected chi connectivity index (χ1v) is 32.7. The summed E-state index contributed by atoms with van der Waals surface area (Å²) in [5.41, 5.74) is 37.3. The largest absolute Gasteiger partial charge is 0.355 e. The molecule has 4 aliphatic heterocycles. The SMILES string of the molecule is CCC1=C(CC)c2cc3[nH]c(c(C#CC#Cc4c5nc(cc6[nH]c(cc7[nH]c(cc8nc4C(CC)=C8CC)c(CC)c7CC)c(CC)c6CC)C(CC)=C5CC)c4nc(cc5[nH]c(cc1n2)c(CC)c5CC)[C@@H](CC)[C@@H]4CC)c(CC)c3CC. The van der Waals surface area contributed by atoms with E-state index in [9.17, 15) is 0 Å². The number of aromatic amines is 4. The predicted octanol–water partition coefficient (Wildman–Crippen LogP) is 19.7. The highest BCUT2D eigenvalue weighted by Crippen LogP contribution is 2.46. The molecule has 4 aliphatic rings. The van der Waals surface area contributed by atoms with E-state index in [0.29, 0.717) is 0 Å². The Morgan fingerprint density at radius 2 is 0.631 bits per heavy atom. The summed E-state index contributed by atoms with van der Waals surface area (Å²) in [6.45, 7) is 36.5. The maximum atomic E-state index is 5.79. The molecule has 0 radical (unpaired) electrons. The van der Waals surface area contributed by atoms with Crippen molar-refractivity contribution in [2.75, 3.05) is 0 Å². The monoisotopic (exact) mass is 1120 g/mol. The van der Waals surface area contributed by atoms with E-state index >= 15 is 0 Å². The first kappa shape index (κ1) is 59.7. The fraction of sp³-hybridized carbons (Fsp3) is 0.447.